The Morgan fingerprint density at radius 3 is 2.64 bits per heavy atom. The van der Waals surface area contributed by atoms with Crippen LogP contribution < -0.4 is 10.6 Å². The van der Waals surface area contributed by atoms with Crippen molar-refractivity contribution in [1.29, 1.82) is 5.26 Å². The molecule has 2 aliphatic rings. The highest BCUT2D eigenvalue weighted by Crippen LogP contribution is 2.27. The largest absolute Gasteiger partial charge is 0.368 e. The third-order valence-electron chi connectivity index (χ3n) is 4.76. The molecule has 1 atom stereocenters. The minimum atomic E-state index is -0.186. The predicted octanol–water partition coefficient (Wildman–Crippen LogP) is 0.872. The molecule has 0 radical (unpaired) electrons. The first-order valence-electron chi connectivity index (χ1n) is 7.85. The van der Waals surface area contributed by atoms with Gasteiger partial charge in [-0.05, 0) is 44.4 Å². The molecule has 6 nitrogen and oxygen atoms in total. The van der Waals surface area contributed by atoms with E-state index in [1.165, 1.54) is 0 Å². The molecule has 3 heterocycles. The molecule has 0 saturated carbocycles. The molecule has 2 aliphatic heterocycles. The number of aromatic nitrogens is 1. The molecule has 116 valence electrons. The minimum absolute atomic E-state index is 0.0791. The Bertz CT molecular complexity index is 571. The summed E-state index contributed by atoms with van der Waals surface area (Å²) in [7, 11) is 0. The summed E-state index contributed by atoms with van der Waals surface area (Å²) in [5, 5.41) is 8.82. The second-order valence-corrected chi connectivity index (χ2v) is 6.03. The van der Waals surface area contributed by atoms with Gasteiger partial charge < -0.3 is 10.6 Å². The fraction of sp³-hybridized carbons (Fsp3) is 0.562. The van der Waals surface area contributed by atoms with Gasteiger partial charge in [-0.3, -0.25) is 9.69 Å². The number of nitriles is 1. The lowest BCUT2D eigenvalue weighted by Gasteiger charge is -2.39. The van der Waals surface area contributed by atoms with E-state index < -0.39 is 0 Å². The van der Waals surface area contributed by atoms with Gasteiger partial charge in [-0.15, -0.1) is 0 Å². The molecule has 1 amide bonds. The van der Waals surface area contributed by atoms with E-state index in [4.69, 9.17) is 11.0 Å². The van der Waals surface area contributed by atoms with Crippen molar-refractivity contribution in [2.75, 3.05) is 24.5 Å². The highest BCUT2D eigenvalue weighted by molar-refractivity contribution is 5.80. The van der Waals surface area contributed by atoms with Gasteiger partial charge in [0.2, 0.25) is 5.91 Å². The number of amides is 1. The molecule has 22 heavy (non-hydrogen) atoms. The fourth-order valence-corrected chi connectivity index (χ4v) is 3.60. The van der Waals surface area contributed by atoms with Crippen LogP contribution in [-0.4, -0.2) is 47.5 Å². The van der Waals surface area contributed by atoms with Gasteiger partial charge in [-0.25, -0.2) is 4.98 Å². The second kappa shape index (κ2) is 6.32. The molecule has 6 heteroatoms. The minimum Gasteiger partial charge on any atom is -0.368 e. The highest BCUT2D eigenvalue weighted by atomic mass is 16.1. The van der Waals surface area contributed by atoms with Gasteiger partial charge in [0.15, 0.2) is 0 Å². The number of primary amides is 1. The Balaban J connectivity index is 1.60. The third kappa shape index (κ3) is 2.90. The molecule has 0 spiro atoms. The molecular weight excluding hydrogens is 278 g/mol. The van der Waals surface area contributed by atoms with E-state index >= 15 is 0 Å². The van der Waals surface area contributed by atoms with Crippen LogP contribution in [0.4, 0.5) is 5.82 Å². The maximum Gasteiger partial charge on any atom is 0.234 e. The number of hydrogen-bond donors (Lipinski definition) is 1. The smallest absolute Gasteiger partial charge is 0.234 e. The van der Waals surface area contributed by atoms with Crippen molar-refractivity contribution < 1.29 is 4.79 Å². The van der Waals surface area contributed by atoms with Gasteiger partial charge in [0.1, 0.15) is 11.9 Å². The predicted molar refractivity (Wildman–Crippen MR) is 83.1 cm³/mol. The number of nitrogens with zero attached hydrogens (tertiary/aromatic N) is 4. The number of anilines is 1. The fourth-order valence-electron chi connectivity index (χ4n) is 3.60. The summed E-state index contributed by atoms with van der Waals surface area (Å²) < 4.78 is 0. The Labute approximate surface area is 130 Å². The van der Waals surface area contributed by atoms with Gasteiger partial charge in [0, 0.05) is 25.3 Å². The quantitative estimate of drug-likeness (QED) is 0.895. The van der Waals surface area contributed by atoms with Crippen molar-refractivity contribution in [3.8, 4) is 6.07 Å². The van der Waals surface area contributed by atoms with Crippen LogP contribution in [0.1, 0.15) is 31.2 Å². The van der Waals surface area contributed by atoms with Gasteiger partial charge in [-0.2, -0.15) is 5.26 Å². The van der Waals surface area contributed by atoms with E-state index in [2.05, 4.69) is 20.9 Å². The van der Waals surface area contributed by atoms with Crippen molar-refractivity contribution in [2.45, 2.75) is 37.8 Å². The zero-order valence-corrected chi connectivity index (χ0v) is 12.6. The number of hydrogen-bond acceptors (Lipinski definition) is 5. The first-order valence-corrected chi connectivity index (χ1v) is 7.85. The van der Waals surface area contributed by atoms with E-state index in [1.54, 1.807) is 12.3 Å². The van der Waals surface area contributed by atoms with Crippen molar-refractivity contribution in [2.24, 2.45) is 5.73 Å². The summed E-state index contributed by atoms with van der Waals surface area (Å²) in [5.74, 6) is 0.735. The number of rotatable bonds is 3. The summed E-state index contributed by atoms with van der Waals surface area (Å²) in [4.78, 5) is 20.4. The zero-order chi connectivity index (χ0) is 15.5. The summed E-state index contributed by atoms with van der Waals surface area (Å²) in [5.41, 5.74) is 6.10. The lowest BCUT2D eigenvalue weighted by atomic mass is 10.0. The Morgan fingerprint density at radius 2 is 2.05 bits per heavy atom. The maximum absolute atomic E-state index is 11.5. The summed E-state index contributed by atoms with van der Waals surface area (Å²) in [6.45, 7) is 2.82. The van der Waals surface area contributed by atoms with Crippen LogP contribution in [0.2, 0.25) is 0 Å². The van der Waals surface area contributed by atoms with Crippen molar-refractivity contribution in [1.82, 2.24) is 9.88 Å². The van der Waals surface area contributed by atoms with Crippen molar-refractivity contribution in [3.05, 3.63) is 23.9 Å². The number of piperidine rings is 1. The Morgan fingerprint density at radius 1 is 1.27 bits per heavy atom. The number of likely N-dealkylation sites (tertiary alicyclic amines) is 1. The monoisotopic (exact) mass is 299 g/mol. The number of carbonyl (C=O) groups is 1. The summed E-state index contributed by atoms with van der Waals surface area (Å²) in [6, 6.07) is 6.15. The average Bonchev–Trinajstić information content (AvgIpc) is 3.05. The van der Waals surface area contributed by atoms with Gasteiger partial charge in [0.05, 0.1) is 11.6 Å². The van der Waals surface area contributed by atoms with Crippen LogP contribution in [0.5, 0.6) is 0 Å². The molecular formula is C16H21N5O. The normalized spacial score (nSPS) is 23.4. The Hall–Kier alpha value is -2.13. The molecule has 1 aromatic heterocycles. The molecule has 0 bridgehead atoms. The lowest BCUT2D eigenvalue weighted by molar-refractivity contribution is -0.123. The van der Waals surface area contributed by atoms with Crippen LogP contribution in [0, 0.1) is 11.3 Å². The van der Waals surface area contributed by atoms with Crippen LogP contribution in [0.3, 0.4) is 0 Å². The maximum atomic E-state index is 11.5. The summed E-state index contributed by atoms with van der Waals surface area (Å²) in [6.07, 6.45) is 5.61. The van der Waals surface area contributed by atoms with E-state index in [9.17, 15) is 4.79 Å². The van der Waals surface area contributed by atoms with Crippen molar-refractivity contribution in [3.63, 3.8) is 0 Å². The van der Waals surface area contributed by atoms with Crippen LogP contribution >= 0.6 is 0 Å². The lowest BCUT2D eigenvalue weighted by Crippen LogP contribution is -2.50. The molecule has 3 rings (SSSR count). The highest BCUT2D eigenvalue weighted by Gasteiger charge is 2.35. The molecule has 0 aromatic carbocycles. The first kappa shape index (κ1) is 14.8. The Kier molecular flexibility index (Phi) is 4.25. The SMILES string of the molecule is N#Cc1ccc(N2CCC(N3CCCC3C(N)=O)CC2)nc1. The number of nitrogens with two attached hydrogens (primary N) is 1. The van der Waals surface area contributed by atoms with Gasteiger partial charge >= 0.3 is 0 Å². The standard InChI is InChI=1S/C16H21N5O/c17-10-12-3-4-15(19-11-12)20-8-5-13(6-9-20)21-7-1-2-14(21)16(18)22/h3-4,11,13-14H,1-2,5-9H2,(H2,18,22). The molecule has 0 aliphatic carbocycles. The molecule has 2 fully saturated rings. The molecule has 2 N–H and O–H groups in total. The van der Waals surface area contributed by atoms with E-state index in [1.807, 2.05) is 6.07 Å². The molecule has 1 aromatic rings. The molecule has 1 unspecified atom stereocenters. The third-order valence-corrected chi connectivity index (χ3v) is 4.76. The average molecular weight is 299 g/mol. The van der Waals surface area contributed by atoms with E-state index in [-0.39, 0.29) is 11.9 Å². The zero-order valence-electron chi connectivity index (χ0n) is 12.6. The first-order chi connectivity index (χ1) is 10.7. The topological polar surface area (TPSA) is 86.3 Å². The second-order valence-electron chi connectivity index (χ2n) is 6.03. The summed E-state index contributed by atoms with van der Waals surface area (Å²) >= 11 is 0. The van der Waals surface area contributed by atoms with Crippen molar-refractivity contribution >= 4 is 11.7 Å². The van der Waals surface area contributed by atoms with Gasteiger partial charge in [-0.1, -0.05) is 0 Å². The number of carbonyl (C=O) groups excluding carboxylic acids is 1. The van der Waals surface area contributed by atoms with Crippen LogP contribution in [0.25, 0.3) is 0 Å². The van der Waals surface area contributed by atoms with E-state index in [0.29, 0.717) is 11.6 Å². The molecule has 2 saturated heterocycles. The van der Waals surface area contributed by atoms with E-state index in [0.717, 1.165) is 51.1 Å². The van der Waals surface area contributed by atoms with Crippen LogP contribution in [0.15, 0.2) is 18.3 Å². The van der Waals surface area contributed by atoms with Crippen LogP contribution in [-0.2, 0) is 4.79 Å². The number of pyridine rings is 1. The van der Waals surface area contributed by atoms with Gasteiger partial charge in [0.25, 0.3) is 0 Å².